The number of hydrogen-bond acceptors (Lipinski definition) is 1. The average Bonchev–Trinajstić information content (AvgIpc) is 1.83. The first-order valence-corrected chi connectivity index (χ1v) is 4.19. The van der Waals surface area contributed by atoms with Crippen molar-refractivity contribution >= 4 is 6.29 Å². The van der Waals surface area contributed by atoms with Gasteiger partial charge in [-0.15, -0.1) is 0 Å². The second-order valence-electron chi connectivity index (χ2n) is 4.38. The van der Waals surface area contributed by atoms with Crippen molar-refractivity contribution in [3.8, 4) is 0 Å². The summed E-state index contributed by atoms with van der Waals surface area (Å²) < 4.78 is 0. The monoisotopic (exact) mass is 152 g/mol. The molecule has 0 heterocycles. The summed E-state index contributed by atoms with van der Waals surface area (Å²) in [4.78, 5) is 10.5. The Morgan fingerprint density at radius 1 is 1.64 bits per heavy atom. The maximum atomic E-state index is 10.5. The van der Waals surface area contributed by atoms with E-state index in [1.54, 1.807) is 0 Å². The minimum atomic E-state index is 0.324. The second-order valence-corrected chi connectivity index (χ2v) is 4.38. The van der Waals surface area contributed by atoms with Gasteiger partial charge in [-0.05, 0) is 29.7 Å². The zero-order valence-electron chi connectivity index (χ0n) is 7.55. The summed E-state index contributed by atoms with van der Waals surface area (Å²) in [6, 6.07) is 0. The van der Waals surface area contributed by atoms with Gasteiger partial charge in [0.15, 0.2) is 0 Å². The van der Waals surface area contributed by atoms with Crippen LogP contribution in [-0.2, 0) is 4.79 Å². The Bertz CT molecular complexity index is 189. The van der Waals surface area contributed by atoms with Crippen LogP contribution in [0.5, 0.6) is 0 Å². The Hall–Kier alpha value is -0.590. The van der Waals surface area contributed by atoms with Gasteiger partial charge in [0.1, 0.15) is 6.29 Å². The standard InChI is InChI=1S/C10H16O/c1-8-4-9(7-11)6-10(2,3)5-8/h4,7-8H,5-6H2,1-3H3. The van der Waals surface area contributed by atoms with Crippen LogP contribution in [0.15, 0.2) is 11.6 Å². The molecule has 0 spiro atoms. The third kappa shape index (κ3) is 2.18. The molecule has 62 valence electrons. The Labute approximate surface area is 68.5 Å². The molecule has 0 saturated heterocycles. The van der Waals surface area contributed by atoms with Crippen LogP contribution in [0.4, 0.5) is 0 Å². The van der Waals surface area contributed by atoms with Gasteiger partial charge in [-0.1, -0.05) is 26.8 Å². The van der Waals surface area contributed by atoms with Crippen molar-refractivity contribution in [3.05, 3.63) is 11.6 Å². The number of carbonyl (C=O) groups excluding carboxylic acids is 1. The topological polar surface area (TPSA) is 17.1 Å². The molecular weight excluding hydrogens is 136 g/mol. The summed E-state index contributed by atoms with van der Waals surface area (Å²) in [5.74, 6) is 0.568. The van der Waals surface area contributed by atoms with Crippen molar-refractivity contribution in [2.45, 2.75) is 33.6 Å². The van der Waals surface area contributed by atoms with E-state index in [2.05, 4.69) is 26.8 Å². The minimum absolute atomic E-state index is 0.324. The second kappa shape index (κ2) is 2.80. The first kappa shape index (κ1) is 8.51. The number of carbonyl (C=O) groups is 1. The van der Waals surface area contributed by atoms with Gasteiger partial charge in [-0.2, -0.15) is 0 Å². The van der Waals surface area contributed by atoms with E-state index in [1.165, 1.54) is 6.42 Å². The Kier molecular flexibility index (Phi) is 2.17. The largest absolute Gasteiger partial charge is 0.298 e. The molecule has 0 radical (unpaired) electrons. The number of allylic oxidation sites excluding steroid dienone is 2. The molecule has 0 aromatic heterocycles. The zero-order chi connectivity index (χ0) is 8.48. The molecule has 1 aliphatic rings. The molecule has 0 amide bonds. The molecule has 11 heavy (non-hydrogen) atoms. The van der Waals surface area contributed by atoms with E-state index in [1.807, 2.05) is 0 Å². The molecule has 1 nitrogen and oxygen atoms in total. The maximum absolute atomic E-state index is 10.5. The minimum Gasteiger partial charge on any atom is -0.298 e. The van der Waals surface area contributed by atoms with Crippen LogP contribution in [0.2, 0.25) is 0 Å². The summed E-state index contributed by atoms with van der Waals surface area (Å²) in [6.07, 6.45) is 5.24. The van der Waals surface area contributed by atoms with Gasteiger partial charge in [0, 0.05) is 0 Å². The molecule has 1 unspecified atom stereocenters. The van der Waals surface area contributed by atoms with Crippen molar-refractivity contribution < 1.29 is 4.79 Å². The molecule has 0 N–H and O–H groups in total. The van der Waals surface area contributed by atoms with E-state index in [0.717, 1.165) is 18.3 Å². The smallest absolute Gasteiger partial charge is 0.145 e. The molecule has 0 aromatic carbocycles. The van der Waals surface area contributed by atoms with Gasteiger partial charge < -0.3 is 0 Å². The quantitative estimate of drug-likeness (QED) is 0.528. The first-order valence-electron chi connectivity index (χ1n) is 4.19. The molecule has 0 saturated carbocycles. The fourth-order valence-corrected chi connectivity index (χ4v) is 2.06. The maximum Gasteiger partial charge on any atom is 0.145 e. The molecule has 1 aliphatic carbocycles. The lowest BCUT2D eigenvalue weighted by molar-refractivity contribution is -0.105. The Morgan fingerprint density at radius 3 is 2.73 bits per heavy atom. The molecule has 1 rings (SSSR count). The van der Waals surface area contributed by atoms with Gasteiger partial charge >= 0.3 is 0 Å². The summed E-state index contributed by atoms with van der Waals surface area (Å²) >= 11 is 0. The Balaban J connectivity index is 2.77. The lowest BCUT2D eigenvalue weighted by Gasteiger charge is -2.31. The van der Waals surface area contributed by atoms with Crippen molar-refractivity contribution in [2.24, 2.45) is 11.3 Å². The first-order chi connectivity index (χ1) is 5.03. The van der Waals surface area contributed by atoms with Crippen LogP contribution in [-0.4, -0.2) is 6.29 Å². The molecule has 1 heteroatoms. The van der Waals surface area contributed by atoms with Crippen LogP contribution >= 0.6 is 0 Å². The van der Waals surface area contributed by atoms with E-state index < -0.39 is 0 Å². The van der Waals surface area contributed by atoms with Crippen LogP contribution in [0, 0.1) is 11.3 Å². The lowest BCUT2D eigenvalue weighted by Crippen LogP contribution is -2.20. The summed E-state index contributed by atoms with van der Waals surface area (Å²) in [5, 5.41) is 0. The van der Waals surface area contributed by atoms with E-state index in [4.69, 9.17) is 0 Å². The molecule has 0 fully saturated rings. The van der Waals surface area contributed by atoms with Crippen LogP contribution in [0.3, 0.4) is 0 Å². The van der Waals surface area contributed by atoms with Crippen molar-refractivity contribution in [1.82, 2.24) is 0 Å². The number of rotatable bonds is 1. The van der Waals surface area contributed by atoms with Crippen LogP contribution in [0.25, 0.3) is 0 Å². The predicted octanol–water partition coefficient (Wildman–Crippen LogP) is 2.57. The zero-order valence-corrected chi connectivity index (χ0v) is 7.55. The van der Waals surface area contributed by atoms with Gasteiger partial charge in [-0.25, -0.2) is 0 Å². The van der Waals surface area contributed by atoms with Crippen molar-refractivity contribution in [3.63, 3.8) is 0 Å². The highest BCUT2D eigenvalue weighted by Crippen LogP contribution is 2.36. The Morgan fingerprint density at radius 2 is 2.27 bits per heavy atom. The van der Waals surface area contributed by atoms with Gasteiger partial charge in [-0.3, -0.25) is 4.79 Å². The average molecular weight is 152 g/mol. The summed E-state index contributed by atoms with van der Waals surface area (Å²) in [5.41, 5.74) is 1.30. The normalized spacial score (nSPS) is 29.4. The van der Waals surface area contributed by atoms with E-state index in [0.29, 0.717) is 11.3 Å². The third-order valence-corrected chi connectivity index (χ3v) is 2.21. The van der Waals surface area contributed by atoms with Crippen LogP contribution in [0.1, 0.15) is 33.6 Å². The number of aldehydes is 1. The highest BCUT2D eigenvalue weighted by Gasteiger charge is 2.25. The summed E-state index contributed by atoms with van der Waals surface area (Å²) in [7, 11) is 0. The SMILES string of the molecule is CC1C=C(C=O)CC(C)(C)C1. The van der Waals surface area contributed by atoms with Gasteiger partial charge in [0.05, 0.1) is 0 Å². The highest BCUT2D eigenvalue weighted by molar-refractivity contribution is 5.73. The van der Waals surface area contributed by atoms with Crippen molar-refractivity contribution in [1.29, 1.82) is 0 Å². The third-order valence-electron chi connectivity index (χ3n) is 2.21. The lowest BCUT2D eigenvalue weighted by atomic mass is 9.74. The van der Waals surface area contributed by atoms with E-state index in [9.17, 15) is 4.79 Å². The van der Waals surface area contributed by atoms with Crippen molar-refractivity contribution in [2.75, 3.05) is 0 Å². The number of hydrogen-bond donors (Lipinski definition) is 0. The van der Waals surface area contributed by atoms with Gasteiger partial charge in [0.25, 0.3) is 0 Å². The molecule has 0 aromatic rings. The van der Waals surface area contributed by atoms with E-state index >= 15 is 0 Å². The fourth-order valence-electron chi connectivity index (χ4n) is 2.06. The molecule has 1 atom stereocenters. The van der Waals surface area contributed by atoms with Gasteiger partial charge in [0.2, 0.25) is 0 Å². The molecular formula is C10H16O. The van der Waals surface area contributed by atoms with Crippen LogP contribution < -0.4 is 0 Å². The predicted molar refractivity (Wildman–Crippen MR) is 46.3 cm³/mol. The summed E-state index contributed by atoms with van der Waals surface area (Å²) in [6.45, 7) is 6.62. The molecule has 0 bridgehead atoms. The fraction of sp³-hybridized carbons (Fsp3) is 0.700. The highest BCUT2D eigenvalue weighted by atomic mass is 16.1. The van der Waals surface area contributed by atoms with E-state index in [-0.39, 0.29) is 0 Å². The molecule has 0 aliphatic heterocycles.